The molecule has 0 aliphatic carbocycles. The lowest BCUT2D eigenvalue weighted by Crippen LogP contribution is -2.29. The molecule has 0 bridgehead atoms. The standard InChI is InChI=1S/C28H26ClNO7/c1-5-37-23-15-16(10-13-22(23)36-4)25-24(26(31)17-11-12-20(34-2)18(29)14-17)27(32)28(33)30(25)19-8-6-7-9-21(19)35-3/h6-15,25,31H,5H2,1-4H3/b26-24-. The lowest BCUT2D eigenvalue weighted by atomic mass is 9.94. The third-order valence-electron chi connectivity index (χ3n) is 6.02. The molecule has 1 fully saturated rings. The van der Waals surface area contributed by atoms with Gasteiger partial charge in [0, 0.05) is 5.56 Å². The van der Waals surface area contributed by atoms with Crippen LogP contribution in [0.2, 0.25) is 5.02 Å². The number of halogens is 1. The molecule has 1 unspecified atom stereocenters. The number of aliphatic hydroxyl groups is 1. The maximum absolute atomic E-state index is 13.5. The van der Waals surface area contributed by atoms with Crippen LogP contribution in [-0.4, -0.2) is 44.7 Å². The number of benzene rings is 3. The normalized spacial score (nSPS) is 16.6. The van der Waals surface area contributed by atoms with E-state index in [1.165, 1.54) is 32.3 Å². The predicted octanol–water partition coefficient (Wildman–Crippen LogP) is 5.39. The lowest BCUT2D eigenvalue weighted by Gasteiger charge is -2.27. The Hall–Kier alpha value is -4.17. The van der Waals surface area contributed by atoms with Crippen LogP contribution in [0.25, 0.3) is 5.76 Å². The van der Waals surface area contributed by atoms with Crippen LogP contribution in [0, 0.1) is 0 Å². The summed E-state index contributed by atoms with van der Waals surface area (Å²) in [6, 6.07) is 15.6. The van der Waals surface area contributed by atoms with Gasteiger partial charge in [0.25, 0.3) is 11.7 Å². The Labute approximate surface area is 219 Å². The van der Waals surface area contributed by atoms with Crippen molar-refractivity contribution in [2.24, 2.45) is 0 Å². The fraction of sp³-hybridized carbons (Fsp3) is 0.214. The van der Waals surface area contributed by atoms with Crippen LogP contribution in [-0.2, 0) is 9.59 Å². The molecule has 3 aromatic rings. The van der Waals surface area contributed by atoms with Crippen molar-refractivity contribution in [2.75, 3.05) is 32.8 Å². The zero-order chi connectivity index (χ0) is 26.7. The van der Waals surface area contributed by atoms with E-state index in [9.17, 15) is 14.7 Å². The van der Waals surface area contributed by atoms with Gasteiger partial charge in [-0.1, -0.05) is 29.8 Å². The summed E-state index contributed by atoms with van der Waals surface area (Å²) in [5, 5.41) is 11.6. The minimum Gasteiger partial charge on any atom is -0.507 e. The van der Waals surface area contributed by atoms with Crippen LogP contribution in [0.1, 0.15) is 24.1 Å². The number of aliphatic hydroxyl groups excluding tert-OH is 1. The first-order chi connectivity index (χ1) is 17.9. The molecule has 0 radical (unpaired) electrons. The molecule has 0 aromatic heterocycles. The largest absolute Gasteiger partial charge is 0.507 e. The average Bonchev–Trinajstić information content (AvgIpc) is 3.18. The number of ether oxygens (including phenoxy) is 4. The van der Waals surface area contributed by atoms with Gasteiger partial charge in [0.2, 0.25) is 0 Å². The maximum atomic E-state index is 13.5. The highest BCUT2D eigenvalue weighted by Crippen LogP contribution is 2.46. The van der Waals surface area contributed by atoms with Gasteiger partial charge < -0.3 is 24.1 Å². The highest BCUT2D eigenvalue weighted by molar-refractivity contribution is 6.52. The summed E-state index contributed by atoms with van der Waals surface area (Å²) in [4.78, 5) is 28.3. The molecule has 192 valence electrons. The van der Waals surface area contributed by atoms with Gasteiger partial charge in [0.15, 0.2) is 11.5 Å². The van der Waals surface area contributed by atoms with Gasteiger partial charge >= 0.3 is 0 Å². The third kappa shape index (κ3) is 4.68. The van der Waals surface area contributed by atoms with Crippen molar-refractivity contribution in [2.45, 2.75) is 13.0 Å². The monoisotopic (exact) mass is 523 g/mol. The molecule has 1 aliphatic heterocycles. The van der Waals surface area contributed by atoms with Gasteiger partial charge in [0.1, 0.15) is 17.3 Å². The van der Waals surface area contributed by atoms with Gasteiger partial charge in [-0.3, -0.25) is 14.5 Å². The number of amides is 1. The second-order valence-electron chi connectivity index (χ2n) is 8.03. The average molecular weight is 524 g/mol. The predicted molar refractivity (Wildman–Crippen MR) is 140 cm³/mol. The molecule has 3 aromatic carbocycles. The Morgan fingerprint density at radius 1 is 0.892 bits per heavy atom. The van der Waals surface area contributed by atoms with Gasteiger partial charge in [-0.2, -0.15) is 0 Å². The van der Waals surface area contributed by atoms with Gasteiger partial charge in [0.05, 0.1) is 50.3 Å². The minimum absolute atomic E-state index is 0.107. The quantitative estimate of drug-likeness (QED) is 0.240. The molecule has 1 amide bonds. The van der Waals surface area contributed by atoms with E-state index in [0.717, 1.165) is 0 Å². The summed E-state index contributed by atoms with van der Waals surface area (Å²) in [6.45, 7) is 2.21. The fourth-order valence-corrected chi connectivity index (χ4v) is 4.58. The number of rotatable bonds is 8. The van der Waals surface area contributed by atoms with Crippen molar-refractivity contribution in [1.29, 1.82) is 0 Å². The van der Waals surface area contributed by atoms with E-state index < -0.39 is 17.7 Å². The second-order valence-corrected chi connectivity index (χ2v) is 8.44. The molecule has 0 saturated carbocycles. The molecule has 1 aliphatic rings. The van der Waals surface area contributed by atoms with Crippen molar-refractivity contribution in [3.05, 3.63) is 82.4 Å². The molecular formula is C28H26ClNO7. The van der Waals surface area contributed by atoms with E-state index in [0.29, 0.717) is 40.9 Å². The summed E-state index contributed by atoms with van der Waals surface area (Å²) in [5.74, 6) is -0.332. The number of carbonyl (C=O) groups excluding carboxylic acids is 2. The molecule has 37 heavy (non-hydrogen) atoms. The number of hydrogen-bond acceptors (Lipinski definition) is 7. The van der Waals surface area contributed by atoms with Crippen LogP contribution in [0.3, 0.4) is 0 Å². The topological polar surface area (TPSA) is 94.5 Å². The van der Waals surface area contributed by atoms with E-state index >= 15 is 0 Å². The number of ketones is 1. The zero-order valence-electron chi connectivity index (χ0n) is 20.8. The van der Waals surface area contributed by atoms with Crippen molar-refractivity contribution < 1.29 is 33.6 Å². The van der Waals surface area contributed by atoms with Crippen molar-refractivity contribution in [3.63, 3.8) is 0 Å². The van der Waals surface area contributed by atoms with Crippen LogP contribution in [0.4, 0.5) is 5.69 Å². The number of anilines is 1. The summed E-state index contributed by atoms with van der Waals surface area (Å²) >= 11 is 6.28. The molecule has 0 spiro atoms. The van der Waals surface area contributed by atoms with E-state index in [4.69, 9.17) is 30.5 Å². The lowest BCUT2D eigenvalue weighted by molar-refractivity contribution is -0.132. The van der Waals surface area contributed by atoms with E-state index in [-0.39, 0.29) is 21.9 Å². The first kappa shape index (κ1) is 25.9. The van der Waals surface area contributed by atoms with Crippen LogP contribution in [0.5, 0.6) is 23.0 Å². The minimum atomic E-state index is -0.998. The number of Topliss-reactive ketones (excluding diaryl/α,β-unsaturated/α-hetero) is 1. The van der Waals surface area contributed by atoms with Crippen LogP contribution < -0.4 is 23.8 Å². The van der Waals surface area contributed by atoms with E-state index in [1.807, 2.05) is 6.92 Å². The molecule has 1 atom stereocenters. The molecule has 8 nitrogen and oxygen atoms in total. The number of carbonyl (C=O) groups is 2. The summed E-state index contributed by atoms with van der Waals surface area (Å²) < 4.78 is 21.8. The molecule has 1 saturated heterocycles. The summed E-state index contributed by atoms with van der Waals surface area (Å²) in [5.41, 5.74) is 1.05. The maximum Gasteiger partial charge on any atom is 0.300 e. The molecule has 1 heterocycles. The molecule has 9 heteroatoms. The molecular weight excluding hydrogens is 498 g/mol. The Bertz CT molecular complexity index is 1380. The highest BCUT2D eigenvalue weighted by atomic mass is 35.5. The van der Waals surface area contributed by atoms with Crippen LogP contribution >= 0.6 is 11.6 Å². The smallest absolute Gasteiger partial charge is 0.300 e. The van der Waals surface area contributed by atoms with Crippen LogP contribution in [0.15, 0.2) is 66.2 Å². The van der Waals surface area contributed by atoms with Crippen molar-refractivity contribution in [3.8, 4) is 23.0 Å². The van der Waals surface area contributed by atoms with Crippen molar-refractivity contribution in [1.82, 2.24) is 0 Å². The Morgan fingerprint density at radius 2 is 1.57 bits per heavy atom. The van der Waals surface area contributed by atoms with E-state index in [2.05, 4.69) is 0 Å². The first-order valence-electron chi connectivity index (χ1n) is 11.4. The summed E-state index contributed by atoms with van der Waals surface area (Å²) in [7, 11) is 4.47. The number of nitrogens with zero attached hydrogens (tertiary/aromatic N) is 1. The molecule has 1 N–H and O–H groups in total. The third-order valence-corrected chi connectivity index (χ3v) is 6.31. The Morgan fingerprint density at radius 3 is 2.22 bits per heavy atom. The Kier molecular flexibility index (Phi) is 7.59. The first-order valence-corrected chi connectivity index (χ1v) is 11.8. The van der Waals surface area contributed by atoms with E-state index in [1.54, 1.807) is 54.6 Å². The summed E-state index contributed by atoms with van der Waals surface area (Å²) in [6.07, 6.45) is 0. The highest BCUT2D eigenvalue weighted by Gasteiger charge is 2.48. The van der Waals surface area contributed by atoms with Crippen molar-refractivity contribution >= 4 is 34.7 Å². The number of hydrogen-bond donors (Lipinski definition) is 1. The Balaban J connectivity index is 1.99. The zero-order valence-corrected chi connectivity index (χ0v) is 21.5. The SMILES string of the molecule is CCOc1cc(C2/C(=C(/O)c3ccc(OC)c(Cl)c3)C(=O)C(=O)N2c2ccccc2OC)ccc1OC. The number of methoxy groups -OCH3 is 3. The van der Waals surface area contributed by atoms with Gasteiger partial charge in [-0.25, -0.2) is 0 Å². The molecule has 4 rings (SSSR count). The second kappa shape index (κ2) is 10.8. The fourth-order valence-electron chi connectivity index (χ4n) is 4.33. The van der Waals surface area contributed by atoms with Gasteiger partial charge in [-0.05, 0) is 55.0 Å². The number of para-hydroxylation sites is 2. The van der Waals surface area contributed by atoms with Gasteiger partial charge in [-0.15, -0.1) is 0 Å².